The van der Waals surface area contributed by atoms with Gasteiger partial charge in [0.1, 0.15) is 5.60 Å². The van der Waals surface area contributed by atoms with Crippen molar-refractivity contribution in [3.8, 4) is 0 Å². The van der Waals surface area contributed by atoms with Crippen molar-refractivity contribution in [3.05, 3.63) is 0 Å². The van der Waals surface area contributed by atoms with Gasteiger partial charge in [0.2, 0.25) is 0 Å². The van der Waals surface area contributed by atoms with Crippen molar-refractivity contribution in [3.63, 3.8) is 0 Å². The first-order chi connectivity index (χ1) is 5.69. The third kappa shape index (κ3) is 0.511. The lowest BCUT2D eigenvalue weighted by Gasteiger charge is -2.26. The van der Waals surface area contributed by atoms with Gasteiger partial charge in [-0.25, -0.2) is 0 Å². The maximum absolute atomic E-state index is 11.1. The number of carbonyl (C=O) groups excluding carboxylic acids is 1. The van der Waals surface area contributed by atoms with Crippen LogP contribution in [0.5, 0.6) is 0 Å². The lowest BCUT2D eigenvalue weighted by atomic mass is 9.87. The zero-order chi connectivity index (χ0) is 8.40. The second-order valence-corrected chi connectivity index (χ2v) is 4.74. The number of carbonyl (C=O) groups is 1. The average Bonchev–Trinajstić information content (AvgIpc) is 2.35. The fourth-order valence-electron chi connectivity index (χ4n) is 3.59. The molecule has 0 aromatic carbocycles. The highest BCUT2D eigenvalue weighted by Crippen LogP contribution is 2.75. The van der Waals surface area contributed by atoms with E-state index in [0.29, 0.717) is 17.8 Å². The summed E-state index contributed by atoms with van der Waals surface area (Å²) >= 11 is 0. The van der Waals surface area contributed by atoms with Crippen LogP contribution in [0, 0.1) is 11.3 Å². The minimum atomic E-state index is 0.0162. The number of esters is 1. The van der Waals surface area contributed by atoms with Gasteiger partial charge < -0.3 is 4.74 Å². The Morgan fingerprint density at radius 2 is 2.17 bits per heavy atom. The van der Waals surface area contributed by atoms with Crippen molar-refractivity contribution in [1.29, 1.82) is 0 Å². The zero-order valence-corrected chi connectivity index (χ0v) is 7.43. The number of hydrogen-bond acceptors (Lipinski definition) is 2. The topological polar surface area (TPSA) is 26.3 Å². The lowest BCUT2D eigenvalue weighted by Crippen LogP contribution is -2.27. The Balaban J connectivity index is 1.96. The predicted molar refractivity (Wildman–Crippen MR) is 43.5 cm³/mol. The Morgan fingerprint density at radius 1 is 1.42 bits per heavy atom. The maximum atomic E-state index is 11.1. The zero-order valence-electron chi connectivity index (χ0n) is 7.43. The fraction of sp³-hybridized carbons (Fsp3) is 0.900. The molecule has 0 N–H and O–H groups in total. The molecular formula is C10H14O2. The van der Waals surface area contributed by atoms with Crippen LogP contribution in [0.25, 0.3) is 0 Å². The van der Waals surface area contributed by atoms with Crippen molar-refractivity contribution >= 4 is 5.97 Å². The normalized spacial score (nSPS) is 55.8. The Hall–Kier alpha value is -0.530. The number of ether oxygens (including phenoxy) is 1. The minimum Gasteiger partial charge on any atom is -0.458 e. The molecule has 0 radical (unpaired) electrons. The molecule has 1 unspecified atom stereocenters. The van der Waals surface area contributed by atoms with E-state index in [2.05, 4.69) is 6.92 Å². The van der Waals surface area contributed by atoms with Crippen molar-refractivity contribution in [2.24, 2.45) is 11.3 Å². The van der Waals surface area contributed by atoms with Crippen LogP contribution in [0.4, 0.5) is 0 Å². The molecule has 3 fully saturated rings. The van der Waals surface area contributed by atoms with E-state index in [0.717, 1.165) is 6.42 Å². The first-order valence-corrected chi connectivity index (χ1v) is 4.91. The Kier molecular flexibility index (Phi) is 0.984. The van der Waals surface area contributed by atoms with Gasteiger partial charge in [-0.1, -0.05) is 13.3 Å². The highest BCUT2D eigenvalue weighted by Gasteiger charge is 2.80. The van der Waals surface area contributed by atoms with Gasteiger partial charge >= 0.3 is 5.97 Å². The van der Waals surface area contributed by atoms with Gasteiger partial charge in [0.15, 0.2) is 0 Å². The fourth-order valence-corrected chi connectivity index (χ4v) is 3.59. The molecule has 2 saturated carbocycles. The SMILES string of the molecule is C[C@@]12CCCC[C@@]13OC(=O)CC23. The van der Waals surface area contributed by atoms with Crippen LogP contribution in [0.3, 0.4) is 0 Å². The molecule has 3 rings (SSSR count). The molecule has 12 heavy (non-hydrogen) atoms. The van der Waals surface area contributed by atoms with Gasteiger partial charge in [-0.3, -0.25) is 4.79 Å². The van der Waals surface area contributed by atoms with E-state index in [1.54, 1.807) is 0 Å². The summed E-state index contributed by atoms with van der Waals surface area (Å²) in [5.41, 5.74) is 0.390. The summed E-state index contributed by atoms with van der Waals surface area (Å²) in [7, 11) is 0. The first-order valence-electron chi connectivity index (χ1n) is 4.91. The molecule has 1 heterocycles. The minimum absolute atomic E-state index is 0.0162. The molecule has 66 valence electrons. The monoisotopic (exact) mass is 166 g/mol. The summed E-state index contributed by atoms with van der Waals surface area (Å²) in [4.78, 5) is 11.1. The third-order valence-corrected chi connectivity index (χ3v) is 4.38. The Morgan fingerprint density at radius 3 is 3.00 bits per heavy atom. The summed E-state index contributed by atoms with van der Waals surface area (Å²) in [5, 5.41) is 0. The molecule has 2 aliphatic carbocycles. The molecule has 2 heteroatoms. The highest BCUT2D eigenvalue weighted by atomic mass is 16.6. The number of rotatable bonds is 0. The second-order valence-electron chi connectivity index (χ2n) is 4.74. The van der Waals surface area contributed by atoms with Crippen molar-refractivity contribution < 1.29 is 9.53 Å². The molecule has 0 amide bonds. The van der Waals surface area contributed by atoms with Crippen LogP contribution in [-0.4, -0.2) is 11.6 Å². The van der Waals surface area contributed by atoms with Gasteiger partial charge in [0.05, 0.1) is 6.42 Å². The van der Waals surface area contributed by atoms with Crippen molar-refractivity contribution in [1.82, 2.24) is 0 Å². The first kappa shape index (κ1) is 6.93. The van der Waals surface area contributed by atoms with Crippen LogP contribution < -0.4 is 0 Å². The lowest BCUT2D eigenvalue weighted by molar-refractivity contribution is -0.150. The predicted octanol–water partition coefficient (Wildman–Crippen LogP) is 1.88. The Labute approximate surface area is 72.3 Å². The Bertz CT molecular complexity index is 261. The highest BCUT2D eigenvalue weighted by molar-refractivity contribution is 5.76. The van der Waals surface area contributed by atoms with Crippen LogP contribution in [0.1, 0.15) is 39.0 Å². The molecule has 0 bridgehead atoms. The molecule has 0 aromatic rings. The second kappa shape index (κ2) is 1.70. The van der Waals surface area contributed by atoms with E-state index in [1.807, 2.05) is 0 Å². The largest absolute Gasteiger partial charge is 0.458 e. The standard InChI is InChI=1S/C10H14O2/c1-9-4-2-3-5-10(9)7(9)6-8(11)12-10/h7H,2-6H2,1H3/t7?,9-,10-/m0/s1. The summed E-state index contributed by atoms with van der Waals surface area (Å²) in [6, 6.07) is 0. The van der Waals surface area contributed by atoms with Gasteiger partial charge in [-0.05, 0) is 19.3 Å². The summed E-state index contributed by atoms with van der Waals surface area (Å²) in [5.74, 6) is 0.611. The van der Waals surface area contributed by atoms with Crippen LogP contribution in [-0.2, 0) is 9.53 Å². The van der Waals surface area contributed by atoms with E-state index in [1.165, 1.54) is 19.3 Å². The summed E-state index contributed by atoms with van der Waals surface area (Å²) < 4.78 is 5.49. The smallest absolute Gasteiger partial charge is 0.306 e. The van der Waals surface area contributed by atoms with Gasteiger partial charge in [-0.2, -0.15) is 0 Å². The molecule has 0 aromatic heterocycles. The number of fused-ring (bicyclic) bond motifs is 1. The van der Waals surface area contributed by atoms with Crippen LogP contribution >= 0.6 is 0 Å². The van der Waals surface area contributed by atoms with E-state index in [4.69, 9.17) is 4.74 Å². The van der Waals surface area contributed by atoms with E-state index in [9.17, 15) is 4.79 Å². The molecule has 1 saturated heterocycles. The maximum Gasteiger partial charge on any atom is 0.306 e. The van der Waals surface area contributed by atoms with Gasteiger partial charge in [0.25, 0.3) is 0 Å². The van der Waals surface area contributed by atoms with E-state index in [-0.39, 0.29) is 11.6 Å². The van der Waals surface area contributed by atoms with Crippen molar-refractivity contribution in [2.75, 3.05) is 0 Å². The molecular weight excluding hydrogens is 152 g/mol. The molecule has 3 aliphatic rings. The van der Waals surface area contributed by atoms with E-state index >= 15 is 0 Å². The van der Waals surface area contributed by atoms with E-state index < -0.39 is 0 Å². The third-order valence-electron chi connectivity index (χ3n) is 4.38. The van der Waals surface area contributed by atoms with Crippen LogP contribution in [0.15, 0.2) is 0 Å². The summed E-state index contributed by atoms with van der Waals surface area (Å²) in [6.07, 6.45) is 5.66. The summed E-state index contributed by atoms with van der Waals surface area (Å²) in [6.45, 7) is 2.29. The van der Waals surface area contributed by atoms with Gasteiger partial charge in [0, 0.05) is 11.3 Å². The average molecular weight is 166 g/mol. The van der Waals surface area contributed by atoms with Crippen molar-refractivity contribution in [2.45, 2.75) is 44.6 Å². The molecule has 1 aliphatic heterocycles. The molecule has 2 nitrogen and oxygen atoms in total. The molecule has 1 spiro atoms. The number of hydrogen-bond donors (Lipinski definition) is 0. The van der Waals surface area contributed by atoms with Crippen LogP contribution in [0.2, 0.25) is 0 Å². The van der Waals surface area contributed by atoms with Gasteiger partial charge in [-0.15, -0.1) is 0 Å². The molecule has 3 atom stereocenters. The quantitative estimate of drug-likeness (QED) is 0.513.